The number of aryl methyl sites for hydroxylation is 1. The number of aromatic nitrogens is 1. The smallest absolute Gasteiger partial charge is 0.338 e. The first-order chi connectivity index (χ1) is 10.5. The van der Waals surface area contributed by atoms with Crippen LogP contribution in [0.2, 0.25) is 0 Å². The molecule has 114 valence electrons. The number of pyridine rings is 1. The third kappa shape index (κ3) is 3.82. The molecule has 1 heterocycles. The summed E-state index contributed by atoms with van der Waals surface area (Å²) in [6.45, 7) is 3.33. The van der Waals surface area contributed by atoms with Crippen LogP contribution in [0, 0.1) is 6.92 Å². The van der Waals surface area contributed by atoms with Crippen LogP contribution in [0.1, 0.15) is 22.8 Å². The van der Waals surface area contributed by atoms with E-state index in [9.17, 15) is 9.59 Å². The summed E-state index contributed by atoms with van der Waals surface area (Å²) in [7, 11) is 0. The summed E-state index contributed by atoms with van der Waals surface area (Å²) in [4.78, 5) is 28.0. The van der Waals surface area contributed by atoms with Crippen molar-refractivity contribution in [2.24, 2.45) is 0 Å². The number of carbonyl (C=O) groups excluding carboxylic acids is 2. The molecule has 0 spiro atoms. The van der Waals surface area contributed by atoms with Crippen LogP contribution < -0.4 is 11.1 Å². The van der Waals surface area contributed by atoms with Gasteiger partial charge in [-0.05, 0) is 49.7 Å². The lowest BCUT2D eigenvalue weighted by Gasteiger charge is -2.14. The first-order valence-electron chi connectivity index (χ1n) is 6.76. The standard InChI is InChI=1S/C16H17N3O3/c1-10-4-3-9-18-14(10)19-15(20)11(2)22-16(21)12-5-7-13(17)8-6-12/h3-9,11H,17H2,1-2H3,(H,18,19,20). The highest BCUT2D eigenvalue weighted by Crippen LogP contribution is 2.12. The van der Waals surface area contributed by atoms with E-state index < -0.39 is 18.0 Å². The fraction of sp³-hybridized carbons (Fsp3) is 0.188. The second-order valence-corrected chi connectivity index (χ2v) is 4.83. The molecule has 3 N–H and O–H groups in total. The van der Waals surface area contributed by atoms with Gasteiger partial charge >= 0.3 is 5.97 Å². The number of hydrogen-bond donors (Lipinski definition) is 2. The molecule has 1 unspecified atom stereocenters. The van der Waals surface area contributed by atoms with Gasteiger partial charge in [-0.2, -0.15) is 0 Å². The van der Waals surface area contributed by atoms with E-state index in [1.54, 1.807) is 36.5 Å². The van der Waals surface area contributed by atoms with Crippen LogP contribution >= 0.6 is 0 Å². The predicted molar refractivity (Wildman–Crippen MR) is 83.3 cm³/mol. The van der Waals surface area contributed by atoms with Gasteiger partial charge in [0.2, 0.25) is 0 Å². The first-order valence-corrected chi connectivity index (χ1v) is 6.76. The highest BCUT2D eigenvalue weighted by molar-refractivity contribution is 5.97. The molecule has 0 radical (unpaired) electrons. The molecule has 6 nitrogen and oxygen atoms in total. The molecule has 1 aromatic carbocycles. The zero-order valence-corrected chi connectivity index (χ0v) is 12.4. The Morgan fingerprint density at radius 2 is 1.91 bits per heavy atom. The normalized spacial score (nSPS) is 11.5. The highest BCUT2D eigenvalue weighted by Gasteiger charge is 2.19. The quantitative estimate of drug-likeness (QED) is 0.666. The Labute approximate surface area is 128 Å². The van der Waals surface area contributed by atoms with Crippen molar-refractivity contribution in [3.63, 3.8) is 0 Å². The van der Waals surface area contributed by atoms with E-state index in [-0.39, 0.29) is 0 Å². The van der Waals surface area contributed by atoms with Gasteiger partial charge in [0.25, 0.3) is 5.91 Å². The average Bonchev–Trinajstić information content (AvgIpc) is 2.50. The maximum Gasteiger partial charge on any atom is 0.338 e. The van der Waals surface area contributed by atoms with Gasteiger partial charge in [0.1, 0.15) is 5.82 Å². The average molecular weight is 299 g/mol. The van der Waals surface area contributed by atoms with Gasteiger partial charge in [-0.15, -0.1) is 0 Å². The summed E-state index contributed by atoms with van der Waals surface area (Å²) in [5.41, 5.74) is 7.27. The molecule has 6 heteroatoms. The lowest BCUT2D eigenvalue weighted by Crippen LogP contribution is -2.30. The van der Waals surface area contributed by atoms with Gasteiger partial charge in [0.05, 0.1) is 5.56 Å². The molecule has 0 bridgehead atoms. The van der Waals surface area contributed by atoms with Crippen LogP contribution in [0.4, 0.5) is 11.5 Å². The lowest BCUT2D eigenvalue weighted by molar-refractivity contribution is -0.123. The van der Waals surface area contributed by atoms with Crippen molar-refractivity contribution in [1.29, 1.82) is 0 Å². The number of hydrogen-bond acceptors (Lipinski definition) is 5. The zero-order chi connectivity index (χ0) is 16.1. The fourth-order valence-electron chi connectivity index (χ4n) is 1.74. The molecule has 0 aliphatic carbocycles. The minimum absolute atomic E-state index is 0.336. The number of benzene rings is 1. The number of ether oxygens (including phenoxy) is 1. The Morgan fingerprint density at radius 1 is 1.23 bits per heavy atom. The summed E-state index contributed by atoms with van der Waals surface area (Å²) in [6, 6.07) is 9.89. The number of carbonyl (C=O) groups is 2. The largest absolute Gasteiger partial charge is 0.449 e. The minimum atomic E-state index is -0.938. The third-order valence-electron chi connectivity index (χ3n) is 3.05. The van der Waals surface area contributed by atoms with Crippen molar-refractivity contribution in [3.8, 4) is 0 Å². The molecule has 1 amide bonds. The molecule has 2 aromatic rings. The van der Waals surface area contributed by atoms with Crippen LogP contribution in [0.15, 0.2) is 42.6 Å². The molecule has 0 fully saturated rings. The number of rotatable bonds is 4. The third-order valence-corrected chi connectivity index (χ3v) is 3.05. The number of nitrogens with one attached hydrogen (secondary N) is 1. The highest BCUT2D eigenvalue weighted by atomic mass is 16.5. The van der Waals surface area contributed by atoms with E-state index in [1.165, 1.54) is 6.92 Å². The zero-order valence-electron chi connectivity index (χ0n) is 12.4. The first kappa shape index (κ1) is 15.5. The van der Waals surface area contributed by atoms with Crippen LogP contribution in [-0.4, -0.2) is 23.0 Å². The van der Waals surface area contributed by atoms with E-state index >= 15 is 0 Å². The van der Waals surface area contributed by atoms with Gasteiger partial charge in [-0.25, -0.2) is 9.78 Å². The Kier molecular flexibility index (Phi) is 4.73. The van der Waals surface area contributed by atoms with E-state index in [1.807, 2.05) is 13.0 Å². The van der Waals surface area contributed by atoms with E-state index in [4.69, 9.17) is 10.5 Å². The van der Waals surface area contributed by atoms with Gasteiger partial charge in [0, 0.05) is 11.9 Å². The van der Waals surface area contributed by atoms with Crippen LogP contribution in [0.25, 0.3) is 0 Å². The van der Waals surface area contributed by atoms with E-state index in [0.29, 0.717) is 17.1 Å². The van der Waals surface area contributed by atoms with Crippen molar-refractivity contribution in [2.45, 2.75) is 20.0 Å². The number of esters is 1. The maximum absolute atomic E-state index is 12.0. The topological polar surface area (TPSA) is 94.3 Å². The molecular formula is C16H17N3O3. The second-order valence-electron chi connectivity index (χ2n) is 4.83. The maximum atomic E-state index is 12.0. The number of nitrogen functional groups attached to an aromatic ring is 1. The molecule has 0 saturated heterocycles. The van der Waals surface area contributed by atoms with Crippen molar-refractivity contribution in [1.82, 2.24) is 4.98 Å². The van der Waals surface area contributed by atoms with Gasteiger partial charge in [-0.1, -0.05) is 6.07 Å². The molecule has 1 atom stereocenters. The van der Waals surface area contributed by atoms with Crippen molar-refractivity contribution >= 4 is 23.4 Å². The van der Waals surface area contributed by atoms with Crippen LogP contribution in [-0.2, 0) is 9.53 Å². The number of anilines is 2. The van der Waals surface area contributed by atoms with Crippen molar-refractivity contribution in [3.05, 3.63) is 53.7 Å². The monoisotopic (exact) mass is 299 g/mol. The minimum Gasteiger partial charge on any atom is -0.449 e. The summed E-state index contributed by atoms with van der Waals surface area (Å²) < 4.78 is 5.13. The Hall–Kier alpha value is -2.89. The molecule has 0 saturated carbocycles. The van der Waals surface area contributed by atoms with E-state index in [2.05, 4.69) is 10.3 Å². The lowest BCUT2D eigenvalue weighted by atomic mass is 10.2. The molecule has 0 aliphatic rings. The second kappa shape index (κ2) is 6.71. The number of amides is 1. The summed E-state index contributed by atoms with van der Waals surface area (Å²) in [6.07, 6.45) is 0.639. The summed E-state index contributed by atoms with van der Waals surface area (Å²) in [5, 5.41) is 2.63. The van der Waals surface area contributed by atoms with Gasteiger partial charge in [0.15, 0.2) is 6.10 Å². The van der Waals surface area contributed by atoms with Crippen LogP contribution in [0.3, 0.4) is 0 Å². The van der Waals surface area contributed by atoms with E-state index in [0.717, 1.165) is 5.56 Å². The molecule has 2 rings (SSSR count). The molecule has 22 heavy (non-hydrogen) atoms. The fourth-order valence-corrected chi connectivity index (χ4v) is 1.74. The van der Waals surface area contributed by atoms with Crippen molar-refractivity contribution in [2.75, 3.05) is 11.1 Å². The Bertz CT molecular complexity index is 683. The molecule has 0 aliphatic heterocycles. The Morgan fingerprint density at radius 3 is 2.55 bits per heavy atom. The van der Waals surface area contributed by atoms with Gasteiger partial charge < -0.3 is 15.8 Å². The van der Waals surface area contributed by atoms with Gasteiger partial charge in [-0.3, -0.25) is 4.79 Å². The Balaban J connectivity index is 1.98. The molecule has 1 aromatic heterocycles. The number of nitrogens with two attached hydrogens (primary N) is 1. The number of nitrogens with zero attached hydrogens (tertiary/aromatic N) is 1. The predicted octanol–water partition coefficient (Wildman–Crippen LogP) is 2.16. The van der Waals surface area contributed by atoms with Crippen molar-refractivity contribution < 1.29 is 14.3 Å². The summed E-state index contributed by atoms with van der Waals surface area (Å²) in [5.74, 6) is -0.575. The summed E-state index contributed by atoms with van der Waals surface area (Å²) >= 11 is 0. The SMILES string of the molecule is Cc1cccnc1NC(=O)C(C)OC(=O)c1ccc(N)cc1. The molecular weight excluding hydrogens is 282 g/mol. The van der Waals surface area contributed by atoms with Crippen LogP contribution in [0.5, 0.6) is 0 Å².